The van der Waals surface area contributed by atoms with Crippen molar-refractivity contribution in [1.29, 1.82) is 0 Å². The number of carbonyl (C=O) groups is 1. The van der Waals surface area contributed by atoms with E-state index in [1.807, 2.05) is 30.3 Å². The Morgan fingerprint density at radius 2 is 2.12 bits per heavy atom. The highest BCUT2D eigenvalue weighted by Crippen LogP contribution is 2.20. The summed E-state index contributed by atoms with van der Waals surface area (Å²) in [6.45, 7) is 0. The van der Waals surface area contributed by atoms with Gasteiger partial charge in [0.1, 0.15) is 0 Å². The van der Waals surface area contributed by atoms with E-state index in [0.717, 1.165) is 10.0 Å². The molecule has 1 aromatic carbocycles. The quantitative estimate of drug-likeness (QED) is 0.817. The minimum atomic E-state index is -0.549. The molecule has 1 heterocycles. The summed E-state index contributed by atoms with van der Waals surface area (Å²) in [4.78, 5) is 11.8. The molecule has 0 saturated heterocycles. The number of hydrogen-bond acceptors (Lipinski definition) is 3. The number of methoxy groups -OCH3 is 1. The molecule has 2 aromatic rings. The molecule has 0 saturated carbocycles. The first-order valence-electron chi connectivity index (χ1n) is 5.05. The summed E-state index contributed by atoms with van der Waals surface area (Å²) >= 11 is 3.31. The van der Waals surface area contributed by atoms with Gasteiger partial charge >= 0.3 is 5.97 Å². The van der Waals surface area contributed by atoms with Crippen LogP contribution in [0.2, 0.25) is 0 Å². The zero-order chi connectivity index (χ0) is 12.3. The van der Waals surface area contributed by atoms with E-state index in [4.69, 9.17) is 4.74 Å². The molecular weight excluding hydrogens is 284 g/mol. The number of nitrogens with zero attached hydrogens (tertiary/aromatic N) is 2. The monoisotopic (exact) mass is 294 g/mol. The maximum atomic E-state index is 11.8. The Bertz CT molecular complexity index is 510. The van der Waals surface area contributed by atoms with Gasteiger partial charge < -0.3 is 4.74 Å². The minimum Gasteiger partial charge on any atom is -0.467 e. The van der Waals surface area contributed by atoms with E-state index in [0.29, 0.717) is 0 Å². The number of carbonyl (C=O) groups excluding carboxylic acids is 1. The number of esters is 1. The minimum absolute atomic E-state index is 0.341. The summed E-state index contributed by atoms with van der Waals surface area (Å²) in [6.07, 6.45) is 3.38. The van der Waals surface area contributed by atoms with E-state index in [2.05, 4.69) is 21.0 Å². The molecule has 5 heteroatoms. The van der Waals surface area contributed by atoms with Gasteiger partial charge in [-0.3, -0.25) is 4.68 Å². The Labute approximate surface area is 107 Å². The van der Waals surface area contributed by atoms with Gasteiger partial charge in [0, 0.05) is 6.20 Å². The first kappa shape index (κ1) is 11.9. The Morgan fingerprint density at radius 1 is 1.41 bits per heavy atom. The van der Waals surface area contributed by atoms with Crippen molar-refractivity contribution in [3.63, 3.8) is 0 Å². The molecule has 4 nitrogen and oxygen atoms in total. The Balaban J connectivity index is 2.42. The van der Waals surface area contributed by atoms with Crippen LogP contribution in [0.4, 0.5) is 0 Å². The highest BCUT2D eigenvalue weighted by atomic mass is 79.9. The van der Waals surface area contributed by atoms with Crippen LogP contribution in [-0.2, 0) is 9.53 Å². The lowest BCUT2D eigenvalue weighted by Crippen LogP contribution is -2.22. The number of ether oxygens (including phenoxy) is 1. The van der Waals surface area contributed by atoms with Crippen LogP contribution in [0.1, 0.15) is 11.6 Å². The van der Waals surface area contributed by atoms with Crippen LogP contribution in [-0.4, -0.2) is 22.9 Å². The SMILES string of the molecule is COC(=O)C(c1ccccc1)n1cc(Br)cn1. The third kappa shape index (κ3) is 2.55. The number of hydrogen-bond donors (Lipinski definition) is 0. The molecule has 2 rings (SSSR count). The van der Waals surface area contributed by atoms with E-state index in [9.17, 15) is 4.79 Å². The van der Waals surface area contributed by atoms with Gasteiger partial charge in [-0.15, -0.1) is 0 Å². The molecular formula is C12H11BrN2O2. The Hall–Kier alpha value is -1.62. The van der Waals surface area contributed by atoms with Gasteiger partial charge in [0.05, 0.1) is 17.8 Å². The lowest BCUT2D eigenvalue weighted by molar-refractivity contribution is -0.143. The van der Waals surface area contributed by atoms with Crippen LogP contribution in [0.25, 0.3) is 0 Å². The molecule has 1 atom stereocenters. The maximum absolute atomic E-state index is 11.8. The number of halogens is 1. The third-order valence-electron chi connectivity index (χ3n) is 2.37. The van der Waals surface area contributed by atoms with Crippen molar-refractivity contribution in [2.45, 2.75) is 6.04 Å². The van der Waals surface area contributed by atoms with Gasteiger partial charge in [-0.2, -0.15) is 5.10 Å². The van der Waals surface area contributed by atoms with Crippen molar-refractivity contribution in [3.8, 4) is 0 Å². The zero-order valence-corrected chi connectivity index (χ0v) is 10.8. The van der Waals surface area contributed by atoms with E-state index >= 15 is 0 Å². The second kappa shape index (κ2) is 5.14. The van der Waals surface area contributed by atoms with Gasteiger partial charge in [0.2, 0.25) is 0 Å². The smallest absolute Gasteiger partial charge is 0.335 e. The van der Waals surface area contributed by atoms with Crippen LogP contribution >= 0.6 is 15.9 Å². The average Bonchev–Trinajstić information content (AvgIpc) is 2.77. The van der Waals surface area contributed by atoms with Crippen LogP contribution in [0.15, 0.2) is 47.2 Å². The van der Waals surface area contributed by atoms with Gasteiger partial charge in [0.25, 0.3) is 0 Å². The van der Waals surface area contributed by atoms with Crippen LogP contribution < -0.4 is 0 Å². The molecule has 0 aliphatic rings. The fraction of sp³-hybridized carbons (Fsp3) is 0.167. The third-order valence-corrected chi connectivity index (χ3v) is 2.78. The van der Waals surface area contributed by atoms with Crippen molar-refractivity contribution in [2.75, 3.05) is 7.11 Å². The molecule has 0 amide bonds. The molecule has 17 heavy (non-hydrogen) atoms. The van der Waals surface area contributed by atoms with E-state index in [-0.39, 0.29) is 5.97 Å². The van der Waals surface area contributed by atoms with Gasteiger partial charge in [0.15, 0.2) is 6.04 Å². The van der Waals surface area contributed by atoms with E-state index in [1.165, 1.54) is 7.11 Å². The Kier molecular flexibility index (Phi) is 3.58. The van der Waals surface area contributed by atoms with Gasteiger partial charge in [-0.1, -0.05) is 30.3 Å². The molecule has 0 N–H and O–H groups in total. The van der Waals surface area contributed by atoms with Crippen molar-refractivity contribution < 1.29 is 9.53 Å². The molecule has 0 bridgehead atoms. The predicted octanol–water partition coefficient (Wildman–Crippen LogP) is 2.41. The summed E-state index contributed by atoms with van der Waals surface area (Å²) in [7, 11) is 1.37. The molecule has 0 radical (unpaired) electrons. The van der Waals surface area contributed by atoms with E-state index < -0.39 is 6.04 Å². The van der Waals surface area contributed by atoms with Crippen LogP contribution in [0.5, 0.6) is 0 Å². The number of rotatable bonds is 3. The standard InChI is InChI=1S/C12H11BrN2O2/c1-17-12(16)11(9-5-3-2-4-6-9)15-8-10(13)7-14-15/h2-8,11H,1H3. The largest absolute Gasteiger partial charge is 0.467 e. The molecule has 0 spiro atoms. The van der Waals surface area contributed by atoms with Gasteiger partial charge in [-0.05, 0) is 21.5 Å². The van der Waals surface area contributed by atoms with Crippen molar-refractivity contribution in [2.24, 2.45) is 0 Å². The molecule has 0 fully saturated rings. The molecule has 0 aliphatic heterocycles. The second-order valence-electron chi connectivity index (χ2n) is 3.47. The first-order chi connectivity index (χ1) is 8.22. The summed E-state index contributed by atoms with van der Waals surface area (Å²) in [5.74, 6) is -0.341. The van der Waals surface area contributed by atoms with Crippen molar-refractivity contribution in [3.05, 3.63) is 52.8 Å². The fourth-order valence-electron chi connectivity index (χ4n) is 1.60. The highest BCUT2D eigenvalue weighted by Gasteiger charge is 2.23. The summed E-state index contributed by atoms with van der Waals surface area (Å²) in [5.41, 5.74) is 0.843. The average molecular weight is 295 g/mol. The predicted molar refractivity (Wildman–Crippen MR) is 66.5 cm³/mol. The lowest BCUT2D eigenvalue weighted by Gasteiger charge is -2.15. The van der Waals surface area contributed by atoms with Crippen molar-refractivity contribution in [1.82, 2.24) is 9.78 Å². The topological polar surface area (TPSA) is 44.1 Å². The van der Waals surface area contributed by atoms with Crippen LogP contribution in [0, 0.1) is 0 Å². The molecule has 1 unspecified atom stereocenters. The maximum Gasteiger partial charge on any atom is 0.335 e. The normalized spacial score (nSPS) is 12.1. The summed E-state index contributed by atoms with van der Waals surface area (Å²) < 4.78 is 7.21. The summed E-state index contributed by atoms with van der Waals surface area (Å²) in [5, 5.41) is 4.13. The Morgan fingerprint density at radius 3 is 2.65 bits per heavy atom. The van der Waals surface area contributed by atoms with Gasteiger partial charge in [-0.25, -0.2) is 4.79 Å². The van der Waals surface area contributed by atoms with Crippen LogP contribution in [0.3, 0.4) is 0 Å². The molecule has 88 valence electrons. The second-order valence-corrected chi connectivity index (χ2v) is 4.39. The fourth-order valence-corrected chi connectivity index (χ4v) is 1.90. The molecule has 0 aliphatic carbocycles. The van der Waals surface area contributed by atoms with E-state index in [1.54, 1.807) is 17.1 Å². The first-order valence-corrected chi connectivity index (χ1v) is 5.84. The summed E-state index contributed by atoms with van der Waals surface area (Å²) in [6, 6.07) is 8.85. The zero-order valence-electron chi connectivity index (χ0n) is 9.21. The number of benzene rings is 1. The highest BCUT2D eigenvalue weighted by molar-refractivity contribution is 9.10. The van der Waals surface area contributed by atoms with Crippen molar-refractivity contribution >= 4 is 21.9 Å². The molecule has 1 aromatic heterocycles. The lowest BCUT2D eigenvalue weighted by atomic mass is 10.1. The number of aromatic nitrogens is 2.